The van der Waals surface area contributed by atoms with Crippen molar-refractivity contribution in [1.29, 1.82) is 0 Å². The molecule has 0 radical (unpaired) electrons. The molecule has 32 heavy (non-hydrogen) atoms. The zero-order valence-electron chi connectivity index (χ0n) is 16.9. The lowest BCUT2D eigenvalue weighted by Crippen LogP contribution is -2.41. The van der Waals surface area contributed by atoms with Crippen molar-refractivity contribution in [3.05, 3.63) is 77.6 Å². The Morgan fingerprint density at radius 3 is 2.12 bits per heavy atom. The molecule has 10 heteroatoms. The van der Waals surface area contributed by atoms with Crippen LogP contribution in [0.25, 0.3) is 0 Å². The average molecular weight is 437 g/mol. The number of hydrogen-bond acceptors (Lipinski definition) is 5. The van der Waals surface area contributed by atoms with Crippen LogP contribution in [0.2, 0.25) is 0 Å². The van der Waals surface area contributed by atoms with Crippen LogP contribution in [0.15, 0.2) is 54.9 Å². The maximum absolute atomic E-state index is 13.0. The van der Waals surface area contributed by atoms with E-state index in [1.54, 1.807) is 29.2 Å². The monoisotopic (exact) mass is 437 g/mol. The predicted octanol–water partition coefficient (Wildman–Crippen LogP) is 2.53. The van der Waals surface area contributed by atoms with Gasteiger partial charge in [0.15, 0.2) is 5.69 Å². The Morgan fingerprint density at radius 2 is 1.50 bits per heavy atom. The Morgan fingerprint density at radius 1 is 0.906 bits per heavy atom. The lowest BCUT2D eigenvalue weighted by molar-refractivity contribution is 0.0298. The van der Waals surface area contributed by atoms with Gasteiger partial charge < -0.3 is 25.3 Å². The molecule has 4 rings (SSSR count). The molecule has 0 unspecified atom stereocenters. The van der Waals surface area contributed by atoms with Gasteiger partial charge in [-0.2, -0.15) is 0 Å². The minimum absolute atomic E-state index is 0.0487. The molecule has 2 aromatic carbocycles. The summed E-state index contributed by atoms with van der Waals surface area (Å²) in [4.78, 5) is 45.9. The van der Waals surface area contributed by atoms with Gasteiger partial charge >= 0.3 is 0 Å². The van der Waals surface area contributed by atoms with Gasteiger partial charge in [0.05, 0.1) is 19.5 Å². The maximum atomic E-state index is 13.0. The van der Waals surface area contributed by atoms with E-state index in [4.69, 9.17) is 4.74 Å². The SMILES string of the molecule is O=C(Nc1ccc(NC(=O)c2[nH]cnc2C(=O)N2CCOCC2)cc1)c1ccc(F)cc1. The smallest absolute Gasteiger partial charge is 0.275 e. The molecule has 2 heterocycles. The van der Waals surface area contributed by atoms with E-state index in [9.17, 15) is 18.8 Å². The molecular formula is C22H20FN5O4. The summed E-state index contributed by atoms with van der Waals surface area (Å²) in [5, 5.41) is 5.40. The Balaban J connectivity index is 1.39. The van der Waals surface area contributed by atoms with Gasteiger partial charge in [-0.15, -0.1) is 0 Å². The quantitative estimate of drug-likeness (QED) is 0.567. The Bertz CT molecular complexity index is 1120. The molecule has 164 valence electrons. The summed E-state index contributed by atoms with van der Waals surface area (Å²) >= 11 is 0. The molecule has 0 aliphatic carbocycles. The average Bonchev–Trinajstić information content (AvgIpc) is 3.31. The number of anilines is 2. The van der Waals surface area contributed by atoms with Gasteiger partial charge in [0.1, 0.15) is 11.5 Å². The molecule has 9 nitrogen and oxygen atoms in total. The van der Waals surface area contributed by atoms with Crippen molar-refractivity contribution < 1.29 is 23.5 Å². The second-order valence-electron chi connectivity index (χ2n) is 7.02. The number of halogens is 1. The summed E-state index contributed by atoms with van der Waals surface area (Å²) in [6, 6.07) is 11.6. The van der Waals surface area contributed by atoms with Crippen molar-refractivity contribution >= 4 is 29.1 Å². The Labute approximate surface area is 182 Å². The van der Waals surface area contributed by atoms with E-state index in [1.165, 1.54) is 30.6 Å². The van der Waals surface area contributed by atoms with Gasteiger partial charge in [-0.3, -0.25) is 14.4 Å². The van der Waals surface area contributed by atoms with Crippen molar-refractivity contribution in [1.82, 2.24) is 14.9 Å². The number of rotatable bonds is 5. The number of ether oxygens (including phenoxy) is 1. The first-order valence-corrected chi connectivity index (χ1v) is 9.90. The summed E-state index contributed by atoms with van der Waals surface area (Å²) in [5.74, 6) is -1.65. The van der Waals surface area contributed by atoms with E-state index in [1.807, 2.05) is 0 Å². The van der Waals surface area contributed by atoms with Crippen LogP contribution in [0, 0.1) is 5.82 Å². The number of amides is 3. The first kappa shape index (κ1) is 21.2. The first-order chi connectivity index (χ1) is 15.5. The zero-order chi connectivity index (χ0) is 22.5. The molecule has 3 N–H and O–H groups in total. The highest BCUT2D eigenvalue weighted by molar-refractivity contribution is 6.10. The minimum atomic E-state index is -0.512. The topological polar surface area (TPSA) is 116 Å². The minimum Gasteiger partial charge on any atom is -0.378 e. The number of carbonyl (C=O) groups is 3. The van der Waals surface area contributed by atoms with Crippen molar-refractivity contribution in [3.8, 4) is 0 Å². The van der Waals surface area contributed by atoms with Crippen LogP contribution in [0.3, 0.4) is 0 Å². The van der Waals surface area contributed by atoms with Crippen LogP contribution < -0.4 is 10.6 Å². The Hall–Kier alpha value is -4.05. The van der Waals surface area contributed by atoms with Gasteiger partial charge in [-0.1, -0.05) is 0 Å². The predicted molar refractivity (Wildman–Crippen MR) is 114 cm³/mol. The van der Waals surface area contributed by atoms with Crippen LogP contribution in [0.5, 0.6) is 0 Å². The van der Waals surface area contributed by atoms with Gasteiger partial charge in [-0.25, -0.2) is 9.37 Å². The number of morpholine rings is 1. The van der Waals surface area contributed by atoms with Crippen LogP contribution in [-0.2, 0) is 4.74 Å². The zero-order valence-corrected chi connectivity index (χ0v) is 16.9. The number of aromatic amines is 1. The van der Waals surface area contributed by atoms with Crippen LogP contribution in [0.1, 0.15) is 31.3 Å². The number of carbonyl (C=O) groups excluding carboxylic acids is 3. The van der Waals surface area contributed by atoms with E-state index in [-0.39, 0.29) is 23.2 Å². The molecule has 3 amide bonds. The fourth-order valence-electron chi connectivity index (χ4n) is 3.18. The molecular weight excluding hydrogens is 417 g/mol. The van der Waals surface area contributed by atoms with E-state index >= 15 is 0 Å². The number of aromatic nitrogens is 2. The number of imidazole rings is 1. The van der Waals surface area contributed by atoms with E-state index in [2.05, 4.69) is 20.6 Å². The maximum Gasteiger partial charge on any atom is 0.275 e. The van der Waals surface area contributed by atoms with Gasteiger partial charge in [-0.05, 0) is 48.5 Å². The molecule has 0 spiro atoms. The number of H-pyrrole nitrogens is 1. The summed E-state index contributed by atoms with van der Waals surface area (Å²) in [7, 11) is 0. The fraction of sp³-hybridized carbons (Fsp3) is 0.182. The second-order valence-corrected chi connectivity index (χ2v) is 7.02. The number of nitrogens with one attached hydrogen (secondary N) is 3. The molecule has 0 bridgehead atoms. The summed E-state index contributed by atoms with van der Waals surface area (Å²) < 4.78 is 18.2. The highest BCUT2D eigenvalue weighted by atomic mass is 19.1. The highest BCUT2D eigenvalue weighted by Crippen LogP contribution is 2.17. The normalized spacial score (nSPS) is 13.5. The lowest BCUT2D eigenvalue weighted by Gasteiger charge is -2.26. The van der Waals surface area contributed by atoms with Gasteiger partial charge in [0.25, 0.3) is 17.7 Å². The molecule has 1 aliphatic heterocycles. The first-order valence-electron chi connectivity index (χ1n) is 9.90. The van der Waals surface area contributed by atoms with Gasteiger partial charge in [0.2, 0.25) is 0 Å². The van der Waals surface area contributed by atoms with E-state index in [0.717, 1.165) is 0 Å². The lowest BCUT2D eigenvalue weighted by atomic mass is 10.2. The van der Waals surface area contributed by atoms with E-state index in [0.29, 0.717) is 43.2 Å². The van der Waals surface area contributed by atoms with Crippen molar-refractivity contribution in [2.45, 2.75) is 0 Å². The second kappa shape index (κ2) is 9.40. The molecule has 1 aliphatic rings. The van der Waals surface area contributed by atoms with Crippen LogP contribution >= 0.6 is 0 Å². The van der Waals surface area contributed by atoms with Crippen molar-refractivity contribution in [2.24, 2.45) is 0 Å². The molecule has 0 saturated carbocycles. The third-order valence-electron chi connectivity index (χ3n) is 4.87. The number of nitrogens with zero attached hydrogens (tertiary/aromatic N) is 2. The summed E-state index contributed by atoms with van der Waals surface area (Å²) in [6.07, 6.45) is 1.30. The molecule has 1 saturated heterocycles. The highest BCUT2D eigenvalue weighted by Gasteiger charge is 2.26. The summed E-state index contributed by atoms with van der Waals surface area (Å²) in [6.45, 7) is 1.78. The Kier molecular flexibility index (Phi) is 6.22. The standard InChI is InChI=1S/C22H20FN5O4/c23-15-3-1-14(2-4-15)20(29)26-16-5-7-17(8-6-16)27-21(30)18-19(25-13-24-18)22(31)28-9-11-32-12-10-28/h1-8,13H,9-12H2,(H,24,25)(H,26,29)(H,27,30). The third-order valence-corrected chi connectivity index (χ3v) is 4.87. The molecule has 3 aromatic rings. The summed E-state index contributed by atoms with van der Waals surface area (Å²) in [5.41, 5.74) is 1.40. The van der Waals surface area contributed by atoms with Gasteiger partial charge in [0, 0.05) is 30.0 Å². The van der Waals surface area contributed by atoms with Crippen LogP contribution in [0.4, 0.5) is 15.8 Å². The third kappa shape index (κ3) is 4.81. The fourth-order valence-corrected chi connectivity index (χ4v) is 3.18. The number of hydrogen-bond donors (Lipinski definition) is 3. The van der Waals surface area contributed by atoms with Crippen LogP contribution in [-0.4, -0.2) is 58.9 Å². The molecule has 0 atom stereocenters. The number of benzene rings is 2. The molecule has 1 aromatic heterocycles. The van der Waals surface area contributed by atoms with Crippen molar-refractivity contribution in [3.63, 3.8) is 0 Å². The van der Waals surface area contributed by atoms with E-state index < -0.39 is 11.7 Å². The largest absolute Gasteiger partial charge is 0.378 e. The van der Waals surface area contributed by atoms with Crippen molar-refractivity contribution in [2.75, 3.05) is 36.9 Å². The molecule has 1 fully saturated rings.